The Morgan fingerprint density at radius 1 is 0.500 bits per heavy atom. The van der Waals surface area contributed by atoms with E-state index in [1.54, 1.807) is 0 Å². The first-order chi connectivity index (χ1) is 20.6. The van der Waals surface area contributed by atoms with Crippen LogP contribution in [-0.2, 0) is 13.1 Å². The van der Waals surface area contributed by atoms with Crippen LogP contribution in [0.2, 0.25) is 10.3 Å². The average Bonchev–Trinajstić information content (AvgIpc) is 3.53. The third-order valence-electron chi connectivity index (χ3n) is 7.13. The van der Waals surface area contributed by atoms with E-state index < -0.39 is 0 Å². The molecule has 2 heterocycles. The van der Waals surface area contributed by atoms with E-state index >= 15 is 0 Å². The van der Waals surface area contributed by atoms with E-state index in [1.165, 1.54) is 0 Å². The minimum Gasteiger partial charge on any atom is -0.316 e. The van der Waals surface area contributed by atoms with E-state index in [2.05, 4.69) is 34.2 Å². The van der Waals surface area contributed by atoms with Crippen LogP contribution in [-0.4, -0.2) is 31.7 Å². The first-order valence-corrected chi connectivity index (χ1v) is 14.0. The smallest absolute Gasteiger partial charge is 0.169 e. The summed E-state index contributed by atoms with van der Waals surface area (Å²) in [6.45, 7) is 0.904. The highest BCUT2D eigenvalue weighted by molar-refractivity contribution is 6.32. The van der Waals surface area contributed by atoms with Crippen LogP contribution in [0.3, 0.4) is 0 Å². The van der Waals surface area contributed by atoms with Crippen molar-refractivity contribution >= 4 is 35.8 Å². The van der Waals surface area contributed by atoms with Gasteiger partial charge in [-0.15, -0.1) is 0 Å². The maximum absolute atomic E-state index is 11.8. The molecule has 0 atom stereocenters. The van der Waals surface area contributed by atoms with Gasteiger partial charge in [0.2, 0.25) is 0 Å². The van der Waals surface area contributed by atoms with Gasteiger partial charge >= 0.3 is 0 Å². The minimum atomic E-state index is 0.190. The average molecular weight is 591 g/mol. The van der Waals surface area contributed by atoms with Gasteiger partial charge < -0.3 is 9.13 Å². The third kappa shape index (κ3) is 5.42. The topological polar surface area (TPSA) is 69.8 Å². The molecule has 0 saturated carbocycles. The second-order valence-electron chi connectivity index (χ2n) is 9.76. The molecule has 6 rings (SSSR count). The molecule has 0 N–H and O–H groups in total. The zero-order valence-corrected chi connectivity index (χ0v) is 23.8. The van der Waals surface area contributed by atoms with Gasteiger partial charge in [0.15, 0.2) is 22.9 Å². The van der Waals surface area contributed by atoms with Crippen molar-refractivity contribution in [3.63, 3.8) is 0 Å². The van der Waals surface area contributed by atoms with Gasteiger partial charge in [-0.2, -0.15) is 0 Å². The number of halogens is 2. The Labute approximate surface area is 252 Å². The van der Waals surface area contributed by atoms with Crippen molar-refractivity contribution in [3.05, 3.63) is 142 Å². The van der Waals surface area contributed by atoms with Crippen LogP contribution in [0.1, 0.15) is 32.1 Å². The number of aldehydes is 2. The monoisotopic (exact) mass is 590 g/mol. The van der Waals surface area contributed by atoms with Gasteiger partial charge in [0.1, 0.15) is 23.0 Å². The van der Waals surface area contributed by atoms with E-state index in [9.17, 15) is 9.59 Å². The highest BCUT2D eigenvalue weighted by atomic mass is 35.5. The molecule has 42 heavy (non-hydrogen) atoms. The Kier molecular flexibility index (Phi) is 7.82. The third-order valence-corrected chi connectivity index (χ3v) is 7.69. The summed E-state index contributed by atoms with van der Waals surface area (Å²) >= 11 is 12.6. The van der Waals surface area contributed by atoms with Crippen LogP contribution in [0.25, 0.3) is 33.9 Å². The predicted molar refractivity (Wildman–Crippen MR) is 166 cm³/mol. The molecule has 8 heteroatoms. The summed E-state index contributed by atoms with van der Waals surface area (Å²) < 4.78 is 3.68. The molecule has 2 aromatic heterocycles. The zero-order chi connectivity index (χ0) is 29.1. The zero-order valence-electron chi connectivity index (χ0n) is 22.3. The molecule has 0 aliphatic rings. The summed E-state index contributed by atoms with van der Waals surface area (Å²) in [5.41, 5.74) is 6.60. The lowest BCUT2D eigenvalue weighted by Crippen LogP contribution is -2.06. The van der Waals surface area contributed by atoms with Crippen molar-refractivity contribution < 1.29 is 9.59 Å². The molecular formula is C34H24Cl2N4O2. The number of hydrogen-bond donors (Lipinski definition) is 0. The molecule has 0 aliphatic heterocycles. The molecule has 0 aliphatic carbocycles. The summed E-state index contributed by atoms with van der Waals surface area (Å²) in [6.07, 6.45) is 1.49. The van der Waals surface area contributed by atoms with Crippen molar-refractivity contribution in [2.24, 2.45) is 0 Å². The Hall–Kier alpha value is -4.78. The Bertz CT molecular complexity index is 1720. The molecule has 0 radical (unpaired) electrons. The number of carbonyl (C=O) groups is 2. The largest absolute Gasteiger partial charge is 0.316 e. The van der Waals surface area contributed by atoms with Gasteiger partial charge in [-0.05, 0) is 22.3 Å². The Morgan fingerprint density at radius 2 is 0.857 bits per heavy atom. The van der Waals surface area contributed by atoms with Crippen LogP contribution in [0.5, 0.6) is 0 Å². The van der Waals surface area contributed by atoms with Gasteiger partial charge in [-0.25, -0.2) is 9.97 Å². The first kappa shape index (κ1) is 27.4. The van der Waals surface area contributed by atoms with Gasteiger partial charge in [0.25, 0.3) is 0 Å². The van der Waals surface area contributed by atoms with Gasteiger partial charge in [-0.1, -0.05) is 132 Å². The van der Waals surface area contributed by atoms with Crippen LogP contribution >= 0.6 is 23.2 Å². The summed E-state index contributed by atoms with van der Waals surface area (Å²) in [5, 5.41) is 0.379. The summed E-state index contributed by atoms with van der Waals surface area (Å²) in [5.74, 6) is 1.30. The fourth-order valence-corrected chi connectivity index (χ4v) is 5.46. The molecule has 0 saturated heterocycles. The molecular weight excluding hydrogens is 567 g/mol. The number of aromatic nitrogens is 4. The van der Waals surface area contributed by atoms with Crippen LogP contribution < -0.4 is 0 Å². The second-order valence-corrected chi connectivity index (χ2v) is 10.5. The molecule has 0 spiro atoms. The lowest BCUT2D eigenvalue weighted by atomic mass is 10.0. The lowest BCUT2D eigenvalue weighted by molar-refractivity contribution is 0.110. The van der Waals surface area contributed by atoms with Crippen molar-refractivity contribution in [2.75, 3.05) is 0 Å². The van der Waals surface area contributed by atoms with Crippen LogP contribution in [0.15, 0.2) is 109 Å². The van der Waals surface area contributed by atoms with Crippen molar-refractivity contribution in [3.8, 4) is 33.9 Å². The van der Waals surface area contributed by atoms with Gasteiger partial charge in [0, 0.05) is 24.2 Å². The normalized spacial score (nSPS) is 11.0. The molecule has 0 bridgehead atoms. The number of rotatable bonds is 9. The van der Waals surface area contributed by atoms with E-state index in [-0.39, 0.29) is 10.3 Å². The molecule has 4 aromatic carbocycles. The van der Waals surface area contributed by atoms with E-state index in [1.807, 2.05) is 94.1 Å². The SMILES string of the molecule is O=Cc1c(Cl)nc(-c2ccccc2)n1Cc1ccc(-c2ccc(Cn3c(-c4ccccc4)nc(Cl)c3C=O)cc2)cc1. The van der Waals surface area contributed by atoms with Crippen LogP contribution in [0.4, 0.5) is 0 Å². The summed E-state index contributed by atoms with van der Waals surface area (Å²) in [6, 6.07) is 35.7. The Balaban J connectivity index is 1.23. The number of imidazole rings is 2. The molecule has 0 amide bonds. The summed E-state index contributed by atoms with van der Waals surface area (Å²) in [7, 11) is 0. The lowest BCUT2D eigenvalue weighted by Gasteiger charge is -2.12. The second kappa shape index (κ2) is 12.0. The molecule has 0 fully saturated rings. The van der Waals surface area contributed by atoms with Crippen LogP contribution in [0, 0.1) is 0 Å². The standard InChI is InChI=1S/C34H24Cl2N4O2/c35-31-29(21-41)39(33(37-31)27-7-3-1-4-8-27)19-23-11-15-25(16-12-23)26-17-13-24(14-18-26)20-40-30(22-42)32(36)38-34(40)28-9-5-2-6-10-28/h1-18,21-22H,19-20H2. The summed E-state index contributed by atoms with van der Waals surface area (Å²) in [4.78, 5) is 32.5. The number of hydrogen-bond acceptors (Lipinski definition) is 4. The molecule has 6 nitrogen and oxygen atoms in total. The number of nitrogens with zero attached hydrogens (tertiary/aromatic N) is 4. The predicted octanol–water partition coefficient (Wildman–Crippen LogP) is 8.11. The van der Waals surface area contributed by atoms with E-state index in [0.29, 0.717) is 36.1 Å². The highest BCUT2D eigenvalue weighted by Crippen LogP contribution is 2.29. The fraction of sp³-hybridized carbons (Fsp3) is 0.0588. The van der Waals surface area contributed by atoms with Crippen molar-refractivity contribution in [2.45, 2.75) is 13.1 Å². The number of benzene rings is 4. The highest BCUT2D eigenvalue weighted by Gasteiger charge is 2.18. The fourth-order valence-electron chi connectivity index (χ4n) is 5.00. The maximum atomic E-state index is 11.8. The van der Waals surface area contributed by atoms with E-state index in [0.717, 1.165) is 46.0 Å². The van der Waals surface area contributed by atoms with Gasteiger partial charge in [0.05, 0.1) is 0 Å². The molecule has 206 valence electrons. The van der Waals surface area contributed by atoms with E-state index in [4.69, 9.17) is 23.2 Å². The Morgan fingerprint density at radius 3 is 1.19 bits per heavy atom. The number of carbonyl (C=O) groups excluding carboxylic acids is 2. The minimum absolute atomic E-state index is 0.190. The molecule has 6 aromatic rings. The van der Waals surface area contributed by atoms with Crippen molar-refractivity contribution in [1.29, 1.82) is 0 Å². The molecule has 0 unspecified atom stereocenters. The van der Waals surface area contributed by atoms with Gasteiger partial charge in [-0.3, -0.25) is 9.59 Å². The van der Waals surface area contributed by atoms with Crippen molar-refractivity contribution in [1.82, 2.24) is 19.1 Å². The maximum Gasteiger partial charge on any atom is 0.169 e. The quantitative estimate of drug-likeness (QED) is 0.159. The first-order valence-electron chi connectivity index (χ1n) is 13.3.